The summed E-state index contributed by atoms with van der Waals surface area (Å²) >= 11 is 0. The Morgan fingerprint density at radius 1 is 0.345 bits per heavy atom. The second-order valence-electron chi connectivity index (χ2n) is 14.6. The Morgan fingerprint density at radius 3 is 1.58 bits per heavy atom. The minimum atomic E-state index is 0.951. The van der Waals surface area contributed by atoms with E-state index in [1.165, 1.54) is 65.3 Å². The summed E-state index contributed by atoms with van der Waals surface area (Å²) in [6, 6.07) is 66.4. The quantitative estimate of drug-likeness (QED) is 0.136. The fourth-order valence-electron chi connectivity index (χ4n) is 9.02. The first kappa shape index (κ1) is 30.1. The lowest BCUT2D eigenvalue weighted by Gasteiger charge is -2.19. The van der Waals surface area contributed by atoms with Gasteiger partial charge >= 0.3 is 0 Å². The van der Waals surface area contributed by atoms with Crippen molar-refractivity contribution in [3.05, 3.63) is 188 Å². The SMILES string of the molecule is c1ccc2cc(-c3c4ccccc4c(-c4ccc5ccccc5c4)c4cc(-c5ccc6c(c5)c5ncccc5n5c7ccccc7nc65)ccc34)ccc2c1. The van der Waals surface area contributed by atoms with Gasteiger partial charge in [0.1, 0.15) is 5.65 Å². The van der Waals surface area contributed by atoms with Crippen LogP contribution >= 0.6 is 0 Å². The maximum atomic E-state index is 5.13. The van der Waals surface area contributed by atoms with Gasteiger partial charge in [-0.15, -0.1) is 0 Å². The summed E-state index contributed by atoms with van der Waals surface area (Å²) in [6.07, 6.45) is 1.89. The van der Waals surface area contributed by atoms with E-state index in [1.807, 2.05) is 12.3 Å². The normalized spacial score (nSPS) is 12.0. The molecular weight excluding hydrogens is 667 g/mol. The molecule has 0 saturated carbocycles. The lowest BCUT2D eigenvalue weighted by molar-refractivity contribution is 1.29. The van der Waals surface area contributed by atoms with Crippen LogP contribution < -0.4 is 0 Å². The number of aromatic nitrogens is 3. The molecule has 0 saturated heterocycles. The van der Waals surface area contributed by atoms with E-state index in [9.17, 15) is 0 Å². The van der Waals surface area contributed by atoms with Gasteiger partial charge < -0.3 is 0 Å². The lowest BCUT2D eigenvalue weighted by Crippen LogP contribution is -1.94. The Hall–Kier alpha value is -7.36. The highest BCUT2D eigenvalue weighted by molar-refractivity contribution is 6.23. The molecule has 55 heavy (non-hydrogen) atoms. The van der Waals surface area contributed by atoms with Gasteiger partial charge in [0, 0.05) is 17.0 Å². The molecule has 3 aromatic heterocycles. The Morgan fingerprint density at radius 2 is 0.873 bits per heavy atom. The van der Waals surface area contributed by atoms with E-state index >= 15 is 0 Å². The van der Waals surface area contributed by atoms with Gasteiger partial charge in [0.05, 0.1) is 22.1 Å². The third kappa shape index (κ3) is 4.50. The van der Waals surface area contributed by atoms with E-state index in [2.05, 4.69) is 180 Å². The minimum absolute atomic E-state index is 0.951. The van der Waals surface area contributed by atoms with Crippen molar-refractivity contribution in [3.63, 3.8) is 0 Å². The number of fused-ring (bicyclic) bond motifs is 12. The van der Waals surface area contributed by atoms with Crippen molar-refractivity contribution in [3.8, 4) is 33.4 Å². The lowest BCUT2D eigenvalue weighted by atomic mass is 9.84. The molecular formula is C52H31N3. The third-order valence-corrected chi connectivity index (χ3v) is 11.5. The number of hydrogen-bond acceptors (Lipinski definition) is 2. The van der Waals surface area contributed by atoms with E-state index in [4.69, 9.17) is 9.97 Å². The highest BCUT2D eigenvalue weighted by Gasteiger charge is 2.19. The predicted octanol–water partition coefficient (Wildman–Crippen LogP) is 13.8. The Labute approximate surface area is 316 Å². The molecule has 0 fully saturated rings. The first-order valence-corrected chi connectivity index (χ1v) is 18.8. The second-order valence-corrected chi connectivity index (χ2v) is 14.6. The highest BCUT2D eigenvalue weighted by Crippen LogP contribution is 2.46. The molecule has 3 heterocycles. The fraction of sp³-hybridized carbons (Fsp3) is 0. The van der Waals surface area contributed by atoms with Crippen molar-refractivity contribution in [2.75, 3.05) is 0 Å². The molecule has 0 radical (unpaired) electrons. The number of benzene rings is 9. The first-order chi connectivity index (χ1) is 27.3. The zero-order valence-corrected chi connectivity index (χ0v) is 29.7. The Balaban J connectivity index is 1.16. The van der Waals surface area contributed by atoms with Gasteiger partial charge in [-0.25, -0.2) is 4.98 Å². The van der Waals surface area contributed by atoms with Crippen molar-refractivity contribution in [1.82, 2.24) is 14.4 Å². The highest BCUT2D eigenvalue weighted by atomic mass is 15.0. The average molecular weight is 698 g/mol. The van der Waals surface area contributed by atoms with Crippen molar-refractivity contribution in [1.29, 1.82) is 0 Å². The summed E-state index contributed by atoms with van der Waals surface area (Å²) in [5, 5.41) is 12.1. The van der Waals surface area contributed by atoms with Crippen LogP contribution in [0.2, 0.25) is 0 Å². The molecule has 0 aliphatic rings. The molecule has 0 atom stereocenters. The van der Waals surface area contributed by atoms with E-state index in [1.54, 1.807) is 0 Å². The summed E-state index contributed by atoms with van der Waals surface area (Å²) in [5.41, 5.74) is 12.3. The van der Waals surface area contributed by atoms with Crippen LogP contribution in [0.4, 0.5) is 0 Å². The standard InChI is InChI=1S/C52H31N3/c1-3-12-34-28-38(21-19-32(34)10-1)49-40-14-5-6-15-41(40)50(39-22-20-33-11-2-4-13-35(33)29-39)44-30-36(23-25-42(44)49)37-24-26-43-45(31-37)51-48(18-9-27-53-51)55-47-17-8-7-16-46(47)54-52(43)55/h1-31H. The number of rotatable bonds is 3. The molecule has 0 N–H and O–H groups in total. The molecule has 3 heteroatoms. The molecule has 9 aromatic carbocycles. The van der Waals surface area contributed by atoms with Crippen molar-refractivity contribution in [2.24, 2.45) is 0 Å². The van der Waals surface area contributed by atoms with Gasteiger partial charge in [0.2, 0.25) is 0 Å². The molecule has 0 unspecified atom stereocenters. The summed E-state index contributed by atoms with van der Waals surface area (Å²) < 4.78 is 2.25. The summed E-state index contributed by atoms with van der Waals surface area (Å²) in [6.45, 7) is 0. The van der Waals surface area contributed by atoms with Crippen LogP contribution in [0, 0.1) is 0 Å². The van der Waals surface area contributed by atoms with Gasteiger partial charge in [0.15, 0.2) is 0 Å². The molecule has 12 rings (SSSR count). The summed E-state index contributed by atoms with van der Waals surface area (Å²) in [7, 11) is 0. The maximum absolute atomic E-state index is 5.13. The topological polar surface area (TPSA) is 30.2 Å². The molecule has 254 valence electrons. The predicted molar refractivity (Wildman–Crippen MR) is 232 cm³/mol. The van der Waals surface area contributed by atoms with Crippen LogP contribution in [0.25, 0.3) is 115 Å². The van der Waals surface area contributed by atoms with Gasteiger partial charge in [-0.1, -0.05) is 127 Å². The van der Waals surface area contributed by atoms with Gasteiger partial charge in [-0.05, 0) is 131 Å². The smallest absolute Gasteiger partial charge is 0.146 e. The number of para-hydroxylation sites is 2. The van der Waals surface area contributed by atoms with Crippen molar-refractivity contribution >= 4 is 81.6 Å². The summed E-state index contributed by atoms with van der Waals surface area (Å²) in [5.74, 6) is 0. The molecule has 0 aliphatic carbocycles. The zero-order chi connectivity index (χ0) is 36.0. The molecule has 0 amide bonds. The average Bonchev–Trinajstić information content (AvgIpc) is 3.65. The van der Waals surface area contributed by atoms with Gasteiger partial charge in [-0.3, -0.25) is 9.38 Å². The Kier molecular flexibility index (Phi) is 6.34. The molecule has 0 aliphatic heterocycles. The first-order valence-electron chi connectivity index (χ1n) is 18.8. The number of hydrogen-bond donors (Lipinski definition) is 0. The van der Waals surface area contributed by atoms with Crippen molar-refractivity contribution < 1.29 is 0 Å². The summed E-state index contributed by atoms with van der Waals surface area (Å²) in [4.78, 5) is 10.1. The second kappa shape index (κ2) is 11.6. The van der Waals surface area contributed by atoms with E-state index in [0.717, 1.165) is 49.6 Å². The monoisotopic (exact) mass is 697 g/mol. The molecule has 0 spiro atoms. The van der Waals surface area contributed by atoms with Crippen LogP contribution in [0.15, 0.2) is 188 Å². The third-order valence-electron chi connectivity index (χ3n) is 11.5. The van der Waals surface area contributed by atoms with Gasteiger partial charge in [-0.2, -0.15) is 0 Å². The Bertz CT molecular complexity index is 3560. The van der Waals surface area contributed by atoms with Crippen LogP contribution in [0.3, 0.4) is 0 Å². The largest absolute Gasteiger partial charge is 0.290 e. The number of pyridine rings is 2. The maximum Gasteiger partial charge on any atom is 0.146 e. The van der Waals surface area contributed by atoms with Crippen LogP contribution in [0.1, 0.15) is 0 Å². The molecule has 3 nitrogen and oxygen atoms in total. The fourth-order valence-corrected chi connectivity index (χ4v) is 9.02. The zero-order valence-electron chi connectivity index (χ0n) is 29.7. The van der Waals surface area contributed by atoms with Crippen LogP contribution in [-0.4, -0.2) is 14.4 Å². The van der Waals surface area contributed by atoms with Crippen LogP contribution in [-0.2, 0) is 0 Å². The van der Waals surface area contributed by atoms with E-state index < -0.39 is 0 Å². The van der Waals surface area contributed by atoms with Crippen LogP contribution in [0.5, 0.6) is 0 Å². The minimum Gasteiger partial charge on any atom is -0.290 e. The molecule has 12 aromatic rings. The van der Waals surface area contributed by atoms with Crippen molar-refractivity contribution in [2.45, 2.75) is 0 Å². The van der Waals surface area contributed by atoms with Gasteiger partial charge in [0.25, 0.3) is 0 Å². The van der Waals surface area contributed by atoms with E-state index in [-0.39, 0.29) is 0 Å². The number of imidazole rings is 1. The number of nitrogens with zero attached hydrogens (tertiary/aromatic N) is 3. The molecule has 0 bridgehead atoms. The van der Waals surface area contributed by atoms with E-state index in [0.29, 0.717) is 0 Å².